The van der Waals surface area contributed by atoms with Crippen LogP contribution in [-0.4, -0.2) is 59.2 Å². The molecule has 24 heavy (non-hydrogen) atoms. The van der Waals surface area contributed by atoms with Crippen molar-refractivity contribution in [1.29, 1.82) is 0 Å². The molecule has 0 bridgehead atoms. The molecule has 128 valence electrons. The van der Waals surface area contributed by atoms with E-state index < -0.39 is 0 Å². The number of likely N-dealkylation sites (tertiary alicyclic amines) is 2. The molecule has 2 aliphatic rings. The Morgan fingerprint density at radius 1 is 1.21 bits per heavy atom. The quantitative estimate of drug-likeness (QED) is 0.941. The van der Waals surface area contributed by atoms with Crippen LogP contribution < -0.4 is 0 Å². The van der Waals surface area contributed by atoms with Gasteiger partial charge in [0.25, 0.3) is 0 Å². The first-order valence-corrected chi connectivity index (χ1v) is 9.08. The molecule has 4 rings (SSSR count). The fourth-order valence-corrected chi connectivity index (χ4v) is 4.75. The minimum absolute atomic E-state index is 0.115. The number of nitrogens with zero attached hydrogens (tertiary/aromatic N) is 3. The summed E-state index contributed by atoms with van der Waals surface area (Å²) in [5, 5.41) is 11.3. The molecule has 1 aromatic carbocycles. The van der Waals surface area contributed by atoms with Gasteiger partial charge in [-0.2, -0.15) is 0 Å². The summed E-state index contributed by atoms with van der Waals surface area (Å²) in [6.07, 6.45) is 5.40. The standard InChI is InChI=1S/C20H27N3O/c1-22-11-4-8-20(15-24)9-12-23(14-19(20)22)13-16-7-10-21-18-6-3-2-5-17(16)18/h2-3,5-7,10,19,24H,4,8-9,11-15H2,1H3/t19-,20-/m1/s1. The van der Waals surface area contributed by atoms with Crippen LogP contribution in [0, 0.1) is 5.41 Å². The SMILES string of the molecule is CN1CCC[C@]2(CO)CCN(Cc3ccnc4ccccc34)C[C@@H]12. The molecule has 3 heterocycles. The number of rotatable bonds is 3. The van der Waals surface area contributed by atoms with Crippen molar-refractivity contribution in [2.24, 2.45) is 5.41 Å². The van der Waals surface area contributed by atoms with Gasteiger partial charge in [0.15, 0.2) is 0 Å². The zero-order valence-electron chi connectivity index (χ0n) is 14.5. The van der Waals surface area contributed by atoms with Crippen LogP contribution in [0.3, 0.4) is 0 Å². The van der Waals surface area contributed by atoms with Crippen molar-refractivity contribution < 1.29 is 5.11 Å². The van der Waals surface area contributed by atoms with Gasteiger partial charge in [-0.3, -0.25) is 9.88 Å². The third-order valence-electron chi connectivity index (χ3n) is 6.23. The minimum Gasteiger partial charge on any atom is -0.396 e. The van der Waals surface area contributed by atoms with Crippen molar-refractivity contribution >= 4 is 10.9 Å². The maximum Gasteiger partial charge on any atom is 0.0705 e. The molecule has 2 aromatic rings. The zero-order chi connectivity index (χ0) is 16.6. The minimum atomic E-state index is 0.115. The predicted octanol–water partition coefficient (Wildman–Crippen LogP) is 2.51. The summed E-state index contributed by atoms with van der Waals surface area (Å²) in [6, 6.07) is 11.0. The number of aliphatic hydroxyl groups is 1. The molecular weight excluding hydrogens is 298 g/mol. The van der Waals surface area contributed by atoms with E-state index in [0.29, 0.717) is 12.6 Å². The number of pyridine rings is 1. The largest absolute Gasteiger partial charge is 0.396 e. The highest BCUT2D eigenvalue weighted by Gasteiger charge is 2.46. The second-order valence-corrected chi connectivity index (χ2v) is 7.59. The summed E-state index contributed by atoms with van der Waals surface area (Å²) in [5.74, 6) is 0. The highest BCUT2D eigenvalue weighted by atomic mass is 16.3. The van der Waals surface area contributed by atoms with Crippen LogP contribution in [0.5, 0.6) is 0 Å². The van der Waals surface area contributed by atoms with Crippen LogP contribution in [0.2, 0.25) is 0 Å². The maximum atomic E-state index is 10.1. The molecular formula is C20H27N3O. The fourth-order valence-electron chi connectivity index (χ4n) is 4.75. The Bertz CT molecular complexity index is 714. The summed E-state index contributed by atoms with van der Waals surface area (Å²) in [4.78, 5) is 9.50. The summed E-state index contributed by atoms with van der Waals surface area (Å²) < 4.78 is 0. The number of hydrogen-bond donors (Lipinski definition) is 1. The summed E-state index contributed by atoms with van der Waals surface area (Å²) >= 11 is 0. The molecule has 0 saturated carbocycles. The van der Waals surface area contributed by atoms with E-state index in [9.17, 15) is 5.11 Å². The van der Waals surface area contributed by atoms with Crippen LogP contribution in [0.4, 0.5) is 0 Å². The second-order valence-electron chi connectivity index (χ2n) is 7.59. The molecule has 0 unspecified atom stereocenters. The second kappa shape index (κ2) is 6.43. The van der Waals surface area contributed by atoms with E-state index in [0.717, 1.165) is 38.1 Å². The van der Waals surface area contributed by atoms with Crippen molar-refractivity contribution in [2.45, 2.75) is 31.8 Å². The molecule has 0 radical (unpaired) electrons. The van der Waals surface area contributed by atoms with E-state index in [1.807, 2.05) is 12.3 Å². The number of fused-ring (bicyclic) bond motifs is 2. The van der Waals surface area contributed by atoms with Crippen LogP contribution in [0.1, 0.15) is 24.8 Å². The number of para-hydroxylation sites is 1. The molecule has 1 aromatic heterocycles. The molecule has 4 nitrogen and oxygen atoms in total. The van der Waals surface area contributed by atoms with Crippen LogP contribution in [-0.2, 0) is 6.54 Å². The first kappa shape index (κ1) is 16.0. The highest BCUT2D eigenvalue weighted by molar-refractivity contribution is 5.81. The molecule has 2 atom stereocenters. The van der Waals surface area contributed by atoms with E-state index in [2.05, 4.69) is 46.1 Å². The third-order valence-corrected chi connectivity index (χ3v) is 6.23. The Hall–Kier alpha value is -1.49. The average molecular weight is 325 g/mol. The summed E-state index contributed by atoms with van der Waals surface area (Å²) in [7, 11) is 2.22. The number of benzene rings is 1. The Morgan fingerprint density at radius 2 is 2.08 bits per heavy atom. The van der Waals surface area contributed by atoms with Gasteiger partial charge in [0.05, 0.1) is 12.1 Å². The molecule has 0 aliphatic carbocycles. The van der Waals surface area contributed by atoms with Gasteiger partial charge in [-0.05, 0) is 57.1 Å². The van der Waals surface area contributed by atoms with Gasteiger partial charge in [-0.25, -0.2) is 0 Å². The Morgan fingerprint density at radius 3 is 2.96 bits per heavy atom. The number of aromatic nitrogens is 1. The molecule has 0 spiro atoms. The summed E-state index contributed by atoms with van der Waals surface area (Å²) in [6.45, 7) is 4.57. The van der Waals surface area contributed by atoms with Crippen LogP contribution >= 0.6 is 0 Å². The van der Waals surface area contributed by atoms with Gasteiger partial charge in [0.2, 0.25) is 0 Å². The van der Waals surface area contributed by atoms with Crippen molar-refractivity contribution in [3.8, 4) is 0 Å². The Kier molecular flexibility index (Phi) is 4.29. The van der Waals surface area contributed by atoms with Gasteiger partial charge in [-0.15, -0.1) is 0 Å². The van der Waals surface area contributed by atoms with E-state index >= 15 is 0 Å². The highest BCUT2D eigenvalue weighted by Crippen LogP contribution is 2.41. The molecule has 2 fully saturated rings. The monoisotopic (exact) mass is 325 g/mol. The molecule has 0 amide bonds. The Labute approximate surface area is 144 Å². The van der Waals surface area contributed by atoms with E-state index in [1.165, 1.54) is 23.8 Å². The normalized spacial score (nSPS) is 28.8. The van der Waals surface area contributed by atoms with Crippen molar-refractivity contribution in [2.75, 3.05) is 33.3 Å². The fraction of sp³-hybridized carbons (Fsp3) is 0.550. The topological polar surface area (TPSA) is 39.6 Å². The number of aliphatic hydroxyl groups excluding tert-OH is 1. The zero-order valence-corrected chi connectivity index (χ0v) is 14.5. The molecule has 2 aliphatic heterocycles. The van der Waals surface area contributed by atoms with E-state index in [1.54, 1.807) is 0 Å². The van der Waals surface area contributed by atoms with Gasteiger partial charge < -0.3 is 10.0 Å². The molecule has 4 heteroatoms. The smallest absolute Gasteiger partial charge is 0.0705 e. The summed E-state index contributed by atoms with van der Waals surface area (Å²) in [5.41, 5.74) is 2.55. The third kappa shape index (κ3) is 2.73. The molecule has 2 saturated heterocycles. The Balaban J connectivity index is 1.56. The first-order valence-electron chi connectivity index (χ1n) is 9.08. The lowest BCUT2D eigenvalue weighted by atomic mass is 9.69. The number of piperidine rings is 2. The first-order chi connectivity index (χ1) is 11.7. The van der Waals surface area contributed by atoms with Gasteiger partial charge in [0, 0.05) is 36.1 Å². The van der Waals surface area contributed by atoms with Crippen LogP contribution in [0.25, 0.3) is 10.9 Å². The van der Waals surface area contributed by atoms with E-state index in [4.69, 9.17) is 0 Å². The van der Waals surface area contributed by atoms with Crippen LogP contribution in [0.15, 0.2) is 36.5 Å². The van der Waals surface area contributed by atoms with Gasteiger partial charge in [0.1, 0.15) is 0 Å². The average Bonchev–Trinajstić information content (AvgIpc) is 2.63. The lowest BCUT2D eigenvalue weighted by Gasteiger charge is -2.53. The molecule has 1 N–H and O–H groups in total. The predicted molar refractivity (Wildman–Crippen MR) is 96.8 cm³/mol. The number of likely N-dealkylation sites (N-methyl/N-ethyl adjacent to an activating group) is 1. The van der Waals surface area contributed by atoms with Gasteiger partial charge in [-0.1, -0.05) is 18.2 Å². The van der Waals surface area contributed by atoms with E-state index in [-0.39, 0.29) is 5.41 Å². The van der Waals surface area contributed by atoms with Gasteiger partial charge >= 0.3 is 0 Å². The lowest BCUT2D eigenvalue weighted by Crippen LogP contribution is -2.61. The lowest BCUT2D eigenvalue weighted by molar-refractivity contribution is -0.0683. The van der Waals surface area contributed by atoms with Crippen molar-refractivity contribution in [1.82, 2.24) is 14.8 Å². The van der Waals surface area contributed by atoms with Crippen molar-refractivity contribution in [3.63, 3.8) is 0 Å². The van der Waals surface area contributed by atoms with Crippen molar-refractivity contribution in [3.05, 3.63) is 42.1 Å². The number of hydrogen-bond acceptors (Lipinski definition) is 4. The maximum absolute atomic E-state index is 10.1.